The van der Waals surface area contributed by atoms with Crippen LogP contribution in [0.1, 0.15) is 303 Å². The Morgan fingerprint density at radius 1 is 0.344 bits per heavy atom. The van der Waals surface area contributed by atoms with Gasteiger partial charge in [-0.3, -0.25) is 9.59 Å². The van der Waals surface area contributed by atoms with E-state index in [4.69, 9.17) is 18.9 Å². The van der Waals surface area contributed by atoms with Crippen LogP contribution < -0.4 is 5.11 Å². The number of esters is 2. The molecule has 0 aromatic heterocycles. The molecule has 0 aromatic rings. The Bertz CT molecular complexity index is 1940. The van der Waals surface area contributed by atoms with E-state index in [-0.39, 0.29) is 38.6 Å². The highest BCUT2D eigenvalue weighted by Gasteiger charge is 2.22. The number of ether oxygens (including phenoxy) is 4. The van der Waals surface area contributed by atoms with Gasteiger partial charge in [0, 0.05) is 12.8 Å². The smallest absolute Gasteiger partial charge is 0.306 e. The lowest BCUT2D eigenvalue weighted by Gasteiger charge is -2.26. The van der Waals surface area contributed by atoms with Crippen molar-refractivity contribution in [1.82, 2.24) is 0 Å². The predicted octanol–water partition coefficient (Wildman–Crippen LogP) is 22.0. The van der Waals surface area contributed by atoms with Gasteiger partial charge in [0.1, 0.15) is 13.2 Å². The van der Waals surface area contributed by atoms with E-state index in [0.29, 0.717) is 17.4 Å². The van der Waals surface area contributed by atoms with Gasteiger partial charge in [0.05, 0.1) is 40.3 Å². The summed E-state index contributed by atoms with van der Waals surface area (Å²) < 4.78 is 22.8. The summed E-state index contributed by atoms with van der Waals surface area (Å²) in [6.45, 7) is 4.65. The highest BCUT2D eigenvalue weighted by atomic mass is 16.7. The molecule has 9 nitrogen and oxygen atoms in total. The van der Waals surface area contributed by atoms with E-state index in [9.17, 15) is 19.5 Å². The van der Waals surface area contributed by atoms with Crippen LogP contribution >= 0.6 is 0 Å². The van der Waals surface area contributed by atoms with E-state index in [1.165, 1.54) is 154 Å². The van der Waals surface area contributed by atoms with Gasteiger partial charge in [-0.1, -0.05) is 327 Å². The average molecular weight is 1250 g/mol. The van der Waals surface area contributed by atoms with Crippen molar-refractivity contribution in [2.24, 2.45) is 0 Å². The molecule has 0 aliphatic heterocycles. The number of hydrogen-bond acceptors (Lipinski definition) is 8. The van der Waals surface area contributed by atoms with E-state index < -0.39 is 24.3 Å². The van der Waals surface area contributed by atoms with Gasteiger partial charge in [-0.2, -0.15) is 0 Å². The third-order valence-electron chi connectivity index (χ3n) is 15.7. The standard InChI is InChI=1S/C81H137NO8/c1-6-8-10-12-14-16-18-20-22-24-26-28-30-32-33-34-35-36-37-38-39-40-41-42-43-44-45-46-47-48-50-52-54-56-58-60-62-64-66-68-70-72-79(84)90-77(76-89-81(80(85)86)87-74-73-82(3,4)5)75-88-78(83)71-69-67-65-63-61-59-57-55-53-51-49-31-29-27-25-23-21-19-17-15-13-11-9-7-2/h8,10,14,16,20,22,26,28,32-33,35-36,38-39,41-42,44-45,47-48,52,54,77,81H,6-7,9,11-13,15,17-19,21,23-25,27,29-31,34,37,40,43,46,49-51,53,55-76H2,1-5H3/b10-8-,16-14-,22-20-,28-26-,33-32-,36-35-,39-38-,42-41-,45-44-,48-47-,54-52-. The fourth-order valence-electron chi connectivity index (χ4n) is 10.1. The quantitative estimate of drug-likeness (QED) is 0.0195. The Kier molecular flexibility index (Phi) is 66.7. The van der Waals surface area contributed by atoms with Crippen molar-refractivity contribution in [1.29, 1.82) is 0 Å². The number of carbonyl (C=O) groups is 3. The zero-order valence-electron chi connectivity index (χ0n) is 58.7. The number of likely N-dealkylation sites (N-methyl/N-ethyl adjacent to an activating group) is 1. The van der Waals surface area contributed by atoms with Crippen LogP contribution in [0.4, 0.5) is 0 Å². The van der Waals surface area contributed by atoms with Crippen molar-refractivity contribution >= 4 is 17.9 Å². The van der Waals surface area contributed by atoms with E-state index in [0.717, 1.165) is 116 Å². The monoisotopic (exact) mass is 1250 g/mol. The Labute approximate surface area is 554 Å². The van der Waals surface area contributed by atoms with E-state index in [1.807, 2.05) is 21.1 Å². The molecule has 0 fully saturated rings. The number of hydrogen-bond donors (Lipinski definition) is 0. The van der Waals surface area contributed by atoms with Crippen molar-refractivity contribution in [3.8, 4) is 0 Å². The highest BCUT2D eigenvalue weighted by Crippen LogP contribution is 2.17. The maximum atomic E-state index is 12.9. The summed E-state index contributed by atoms with van der Waals surface area (Å²) in [4.78, 5) is 37.5. The van der Waals surface area contributed by atoms with Crippen LogP contribution in [0.3, 0.4) is 0 Å². The third-order valence-corrected chi connectivity index (χ3v) is 15.7. The van der Waals surface area contributed by atoms with Crippen molar-refractivity contribution < 1.29 is 42.9 Å². The molecule has 0 radical (unpaired) electrons. The summed E-state index contributed by atoms with van der Waals surface area (Å²) in [5.41, 5.74) is 0. The first kappa shape index (κ1) is 85.4. The number of unbranched alkanes of at least 4 members (excludes halogenated alkanes) is 30. The van der Waals surface area contributed by atoms with Crippen LogP contribution in [0.2, 0.25) is 0 Å². The number of carboxylic acids is 1. The van der Waals surface area contributed by atoms with Crippen LogP contribution in [0, 0.1) is 0 Å². The molecule has 9 heteroatoms. The summed E-state index contributed by atoms with van der Waals surface area (Å²) in [7, 11) is 5.93. The summed E-state index contributed by atoms with van der Waals surface area (Å²) in [6, 6.07) is 0. The molecule has 0 amide bonds. The Balaban J connectivity index is 4.16. The topological polar surface area (TPSA) is 111 Å². The molecule has 0 aromatic carbocycles. The van der Waals surface area contributed by atoms with Crippen molar-refractivity contribution in [3.63, 3.8) is 0 Å². The zero-order chi connectivity index (χ0) is 65.4. The second-order valence-electron chi connectivity index (χ2n) is 25.5. The normalized spacial score (nSPS) is 13.5. The van der Waals surface area contributed by atoms with Crippen LogP contribution in [-0.4, -0.2) is 82.3 Å². The lowest BCUT2D eigenvalue weighted by Crippen LogP contribution is -2.44. The van der Waals surface area contributed by atoms with E-state index >= 15 is 0 Å². The van der Waals surface area contributed by atoms with Gasteiger partial charge in [-0.05, 0) is 96.3 Å². The molecule has 0 saturated heterocycles. The number of carbonyl (C=O) groups excluding carboxylic acids is 3. The first-order valence-electron chi connectivity index (χ1n) is 36.8. The fraction of sp³-hybridized carbons (Fsp3) is 0.691. The van der Waals surface area contributed by atoms with Crippen LogP contribution in [0.5, 0.6) is 0 Å². The molecule has 0 heterocycles. The molecule has 0 aliphatic carbocycles. The molecule has 2 unspecified atom stereocenters. The summed E-state index contributed by atoms with van der Waals surface area (Å²) >= 11 is 0. The molecule has 90 heavy (non-hydrogen) atoms. The zero-order valence-corrected chi connectivity index (χ0v) is 58.7. The van der Waals surface area contributed by atoms with Gasteiger partial charge >= 0.3 is 11.9 Å². The van der Waals surface area contributed by atoms with Crippen LogP contribution in [0.25, 0.3) is 0 Å². The Morgan fingerprint density at radius 2 is 0.633 bits per heavy atom. The Hall–Kier alpha value is -4.57. The van der Waals surface area contributed by atoms with Gasteiger partial charge in [-0.15, -0.1) is 0 Å². The molecule has 0 bridgehead atoms. The largest absolute Gasteiger partial charge is 0.545 e. The first-order valence-corrected chi connectivity index (χ1v) is 36.8. The molecule has 514 valence electrons. The number of allylic oxidation sites excluding steroid dienone is 22. The molecule has 0 saturated carbocycles. The SMILES string of the molecule is CC/C=C\C/C=C\C/C=C\C/C=C\C/C=C\C/C=C\C/C=C\C/C=C\C/C=C\C/C=C\C/C=C\CCCCCCCCCC(=O)OC(COC(=O)CCCCCCCCCCCCCCCCCCCCCCCCCC)COC(OCC[N+](C)(C)C)C(=O)[O-]. The lowest BCUT2D eigenvalue weighted by molar-refractivity contribution is -0.870. The number of rotatable bonds is 67. The van der Waals surface area contributed by atoms with Gasteiger partial charge in [0.15, 0.2) is 12.4 Å². The van der Waals surface area contributed by atoms with Crippen molar-refractivity contribution in [3.05, 3.63) is 134 Å². The minimum Gasteiger partial charge on any atom is -0.545 e. The summed E-state index contributed by atoms with van der Waals surface area (Å²) in [6.07, 6.45) is 98.2. The second kappa shape index (κ2) is 70.3. The van der Waals surface area contributed by atoms with Gasteiger partial charge in [-0.25, -0.2) is 0 Å². The van der Waals surface area contributed by atoms with Crippen molar-refractivity contribution in [2.75, 3.05) is 47.5 Å². The lowest BCUT2D eigenvalue weighted by atomic mass is 10.0. The van der Waals surface area contributed by atoms with E-state index in [2.05, 4.69) is 148 Å². The maximum absolute atomic E-state index is 12.9. The number of quaternary nitrogens is 1. The Morgan fingerprint density at radius 3 is 0.944 bits per heavy atom. The minimum atomic E-state index is -1.63. The summed E-state index contributed by atoms with van der Waals surface area (Å²) in [5, 5.41) is 11.8. The minimum absolute atomic E-state index is 0.141. The molecule has 0 aliphatic rings. The molecule has 0 rings (SSSR count). The summed E-state index contributed by atoms with van der Waals surface area (Å²) in [5.74, 6) is -2.29. The predicted molar refractivity (Wildman–Crippen MR) is 384 cm³/mol. The molecule has 0 spiro atoms. The van der Waals surface area contributed by atoms with Gasteiger partial charge in [0.25, 0.3) is 0 Å². The first-order chi connectivity index (χ1) is 44.1. The van der Waals surface area contributed by atoms with Crippen LogP contribution in [-0.2, 0) is 33.3 Å². The highest BCUT2D eigenvalue weighted by molar-refractivity contribution is 5.70. The number of carboxylic acid groups (broad SMARTS) is 1. The molecular weight excluding hydrogens is 1110 g/mol. The third kappa shape index (κ3) is 70.9. The van der Waals surface area contributed by atoms with Gasteiger partial charge < -0.3 is 33.3 Å². The fourth-order valence-corrected chi connectivity index (χ4v) is 10.1. The molecular formula is C81H137NO8. The van der Waals surface area contributed by atoms with E-state index in [1.54, 1.807) is 0 Å². The van der Waals surface area contributed by atoms with Crippen LogP contribution in [0.15, 0.2) is 134 Å². The number of nitrogens with zero attached hydrogens (tertiary/aromatic N) is 1. The van der Waals surface area contributed by atoms with Crippen molar-refractivity contribution in [2.45, 2.75) is 315 Å². The maximum Gasteiger partial charge on any atom is 0.306 e. The number of aliphatic carboxylic acids is 1. The molecule has 0 N–H and O–H groups in total. The average Bonchev–Trinajstić information content (AvgIpc) is 3.73. The molecule has 2 atom stereocenters. The van der Waals surface area contributed by atoms with Gasteiger partial charge in [0.2, 0.25) is 0 Å². The second-order valence-corrected chi connectivity index (χ2v) is 25.5.